The van der Waals surface area contributed by atoms with Crippen molar-refractivity contribution in [1.29, 1.82) is 0 Å². The van der Waals surface area contributed by atoms with Gasteiger partial charge in [0.05, 0.1) is 6.26 Å². The molecule has 0 bridgehead atoms. The van der Waals surface area contributed by atoms with E-state index in [1.807, 2.05) is 6.26 Å². The quantitative estimate of drug-likeness (QED) is 0.336. The van der Waals surface area contributed by atoms with E-state index in [1.165, 1.54) is 23.7 Å². The van der Waals surface area contributed by atoms with Crippen LogP contribution in [0.25, 0.3) is 0 Å². The van der Waals surface area contributed by atoms with Gasteiger partial charge in [-0.25, -0.2) is 0 Å². The first-order valence-electron chi connectivity index (χ1n) is 6.03. The third-order valence-electron chi connectivity index (χ3n) is 3.15. The minimum atomic E-state index is -1.43. The number of alkyl halides is 1. The van der Waals surface area contributed by atoms with E-state index in [2.05, 4.69) is 27.7 Å². The lowest BCUT2D eigenvalue weighted by Gasteiger charge is -2.27. The summed E-state index contributed by atoms with van der Waals surface area (Å²) in [6.45, 7) is 8.89. The summed E-state index contributed by atoms with van der Waals surface area (Å²) in [5.41, 5.74) is 1.32. The number of rotatable bonds is 8. The van der Waals surface area contributed by atoms with E-state index in [9.17, 15) is 0 Å². The Morgan fingerprint density at radius 1 is 1.20 bits per heavy atom. The van der Waals surface area contributed by atoms with Crippen LogP contribution < -0.4 is 0 Å². The van der Waals surface area contributed by atoms with Crippen LogP contribution in [0.15, 0.2) is 11.8 Å². The lowest BCUT2D eigenvalue weighted by atomic mass is 10.2. The molecule has 0 unspecified atom stereocenters. The van der Waals surface area contributed by atoms with Gasteiger partial charge in [0.1, 0.15) is 0 Å². The second kappa shape index (κ2) is 8.23. The van der Waals surface area contributed by atoms with Gasteiger partial charge in [0.2, 0.25) is 8.32 Å². The van der Waals surface area contributed by atoms with Crippen molar-refractivity contribution in [2.75, 3.05) is 5.88 Å². The summed E-state index contributed by atoms with van der Waals surface area (Å²) in [4.78, 5) is 0. The van der Waals surface area contributed by atoms with Crippen molar-refractivity contribution >= 4 is 19.9 Å². The van der Waals surface area contributed by atoms with E-state index in [-0.39, 0.29) is 0 Å². The monoisotopic (exact) mass is 248 g/mol. The van der Waals surface area contributed by atoms with Crippen LogP contribution in [-0.4, -0.2) is 14.2 Å². The first-order valence-corrected chi connectivity index (χ1v) is 9.10. The molecule has 0 atom stereocenters. The first kappa shape index (κ1) is 15.0. The Kier molecular flexibility index (Phi) is 8.25. The van der Waals surface area contributed by atoms with Crippen molar-refractivity contribution < 1.29 is 4.43 Å². The molecule has 0 rings (SSSR count). The lowest BCUT2D eigenvalue weighted by Crippen LogP contribution is -2.33. The molecule has 0 aliphatic carbocycles. The largest absolute Gasteiger partial charge is 0.549 e. The molecule has 1 nitrogen and oxygen atoms in total. The summed E-state index contributed by atoms with van der Waals surface area (Å²) in [5, 5.41) is 0. The zero-order valence-electron chi connectivity index (χ0n) is 10.6. The van der Waals surface area contributed by atoms with E-state index in [4.69, 9.17) is 16.0 Å². The molecule has 90 valence electrons. The van der Waals surface area contributed by atoms with Crippen molar-refractivity contribution in [3.05, 3.63) is 11.8 Å². The summed E-state index contributed by atoms with van der Waals surface area (Å²) in [5.74, 6) is 0.739. The van der Waals surface area contributed by atoms with Crippen LogP contribution in [0.1, 0.15) is 40.5 Å². The van der Waals surface area contributed by atoms with Gasteiger partial charge in [-0.05, 0) is 43.5 Å². The Hall–Kier alpha value is 0.0469. The molecule has 0 amide bonds. The Bertz CT molecular complexity index is 180. The molecule has 0 N–H and O–H groups in total. The SMILES string of the molecule is CC[Si](CC)(CC)O/C=C(\C)CCCCl. The van der Waals surface area contributed by atoms with E-state index in [0.29, 0.717) is 0 Å². The molecule has 0 radical (unpaired) electrons. The summed E-state index contributed by atoms with van der Waals surface area (Å²) in [6, 6.07) is 3.62. The fourth-order valence-electron chi connectivity index (χ4n) is 1.63. The molecule has 15 heavy (non-hydrogen) atoms. The zero-order valence-corrected chi connectivity index (χ0v) is 12.4. The molecule has 0 heterocycles. The maximum Gasteiger partial charge on any atom is 0.249 e. The Morgan fingerprint density at radius 2 is 1.73 bits per heavy atom. The zero-order chi connectivity index (χ0) is 11.7. The van der Waals surface area contributed by atoms with Crippen LogP contribution in [0, 0.1) is 0 Å². The summed E-state index contributed by atoms with van der Waals surface area (Å²) < 4.78 is 6.07. The number of allylic oxidation sites excluding steroid dienone is 1. The van der Waals surface area contributed by atoms with Gasteiger partial charge in [-0.2, -0.15) is 0 Å². The molecular weight excluding hydrogens is 224 g/mol. The molecular formula is C12H25ClOSi. The molecule has 0 aromatic carbocycles. The standard InChI is InChI=1S/C12H25ClOSi/c1-5-15(6-2,7-3)14-11-12(4)9-8-10-13/h11H,5-10H2,1-4H3/b12-11+. The Balaban J connectivity index is 4.18. The predicted molar refractivity (Wildman–Crippen MR) is 72.0 cm³/mol. The molecule has 0 saturated heterocycles. The van der Waals surface area contributed by atoms with Gasteiger partial charge in [0.15, 0.2) is 0 Å². The summed E-state index contributed by atoms with van der Waals surface area (Å²) in [6.07, 6.45) is 4.10. The second-order valence-electron chi connectivity index (χ2n) is 4.12. The van der Waals surface area contributed by atoms with Crippen molar-refractivity contribution in [3.8, 4) is 0 Å². The summed E-state index contributed by atoms with van der Waals surface area (Å²) in [7, 11) is -1.43. The number of halogens is 1. The molecule has 0 spiro atoms. The second-order valence-corrected chi connectivity index (χ2v) is 9.22. The summed E-state index contributed by atoms with van der Waals surface area (Å²) >= 11 is 5.66. The maximum atomic E-state index is 6.07. The average molecular weight is 249 g/mol. The highest BCUT2D eigenvalue weighted by atomic mass is 35.5. The topological polar surface area (TPSA) is 9.23 Å². The van der Waals surface area contributed by atoms with Gasteiger partial charge in [-0.15, -0.1) is 11.6 Å². The van der Waals surface area contributed by atoms with Crippen LogP contribution >= 0.6 is 11.6 Å². The van der Waals surface area contributed by atoms with Crippen LogP contribution in [0.5, 0.6) is 0 Å². The minimum absolute atomic E-state index is 0.739. The molecule has 0 saturated carbocycles. The van der Waals surface area contributed by atoms with Gasteiger partial charge in [-0.3, -0.25) is 0 Å². The van der Waals surface area contributed by atoms with Crippen molar-refractivity contribution in [3.63, 3.8) is 0 Å². The number of hydrogen-bond acceptors (Lipinski definition) is 1. The highest BCUT2D eigenvalue weighted by Crippen LogP contribution is 2.22. The van der Waals surface area contributed by atoms with Crippen LogP contribution in [0.2, 0.25) is 18.1 Å². The van der Waals surface area contributed by atoms with E-state index < -0.39 is 8.32 Å². The third kappa shape index (κ3) is 5.62. The van der Waals surface area contributed by atoms with Gasteiger partial charge in [0.25, 0.3) is 0 Å². The average Bonchev–Trinajstić information content (AvgIpc) is 2.29. The van der Waals surface area contributed by atoms with E-state index in [0.717, 1.165) is 18.7 Å². The molecule has 0 fully saturated rings. The van der Waals surface area contributed by atoms with Gasteiger partial charge in [-0.1, -0.05) is 20.8 Å². The van der Waals surface area contributed by atoms with Crippen LogP contribution in [-0.2, 0) is 4.43 Å². The minimum Gasteiger partial charge on any atom is -0.549 e. The first-order chi connectivity index (χ1) is 7.14. The Morgan fingerprint density at radius 3 is 2.13 bits per heavy atom. The Labute approximate surface area is 101 Å². The van der Waals surface area contributed by atoms with Crippen molar-refractivity contribution in [2.24, 2.45) is 0 Å². The maximum absolute atomic E-state index is 6.07. The fourth-order valence-corrected chi connectivity index (χ4v) is 4.21. The van der Waals surface area contributed by atoms with Gasteiger partial charge >= 0.3 is 0 Å². The fraction of sp³-hybridized carbons (Fsp3) is 0.833. The highest BCUT2D eigenvalue weighted by molar-refractivity contribution is 6.73. The van der Waals surface area contributed by atoms with Crippen LogP contribution in [0.4, 0.5) is 0 Å². The van der Waals surface area contributed by atoms with E-state index in [1.54, 1.807) is 0 Å². The number of hydrogen-bond donors (Lipinski definition) is 0. The van der Waals surface area contributed by atoms with E-state index >= 15 is 0 Å². The molecule has 0 aromatic heterocycles. The van der Waals surface area contributed by atoms with Crippen LogP contribution in [0.3, 0.4) is 0 Å². The third-order valence-corrected chi connectivity index (χ3v) is 7.90. The molecule has 0 aliphatic heterocycles. The lowest BCUT2D eigenvalue weighted by molar-refractivity contribution is 0.450. The van der Waals surface area contributed by atoms with Crippen molar-refractivity contribution in [1.82, 2.24) is 0 Å². The predicted octanol–water partition coefficient (Wildman–Crippen LogP) is 4.93. The highest BCUT2D eigenvalue weighted by Gasteiger charge is 2.29. The molecule has 3 heteroatoms. The normalized spacial score (nSPS) is 13.0. The molecule has 0 aromatic rings. The van der Waals surface area contributed by atoms with Gasteiger partial charge < -0.3 is 4.43 Å². The molecule has 0 aliphatic rings. The van der Waals surface area contributed by atoms with Gasteiger partial charge in [0, 0.05) is 5.88 Å². The smallest absolute Gasteiger partial charge is 0.249 e. The van der Waals surface area contributed by atoms with Crippen molar-refractivity contribution in [2.45, 2.75) is 58.7 Å².